The van der Waals surface area contributed by atoms with E-state index in [1.54, 1.807) is 13.1 Å². The normalized spacial score (nSPS) is 23.3. The van der Waals surface area contributed by atoms with Crippen molar-refractivity contribution < 1.29 is 9.59 Å². The first-order valence-electron chi connectivity index (χ1n) is 11.7. The number of anilines is 1. The molecule has 2 aliphatic heterocycles. The van der Waals surface area contributed by atoms with E-state index < -0.39 is 0 Å². The van der Waals surface area contributed by atoms with Crippen LogP contribution in [0.2, 0.25) is 0 Å². The van der Waals surface area contributed by atoms with Gasteiger partial charge in [-0.25, -0.2) is 0 Å². The van der Waals surface area contributed by atoms with E-state index in [2.05, 4.69) is 17.2 Å². The van der Waals surface area contributed by atoms with Crippen LogP contribution in [0.1, 0.15) is 67.6 Å². The van der Waals surface area contributed by atoms with Crippen LogP contribution in [0.3, 0.4) is 0 Å². The van der Waals surface area contributed by atoms with Gasteiger partial charge in [0.15, 0.2) is 0 Å². The summed E-state index contributed by atoms with van der Waals surface area (Å²) in [5.41, 5.74) is 3.41. The Hall–Kier alpha value is -2.89. The maximum Gasteiger partial charge on any atom is 0.254 e. The lowest BCUT2D eigenvalue weighted by Crippen LogP contribution is -2.64. The molecule has 2 fully saturated rings. The molecule has 6 heteroatoms. The third-order valence-corrected chi connectivity index (χ3v) is 7.21. The predicted octanol–water partition coefficient (Wildman–Crippen LogP) is 4.40. The van der Waals surface area contributed by atoms with Crippen molar-refractivity contribution in [2.24, 2.45) is 0 Å². The highest BCUT2D eigenvalue weighted by Gasteiger charge is 2.48. The zero-order valence-electron chi connectivity index (χ0n) is 19.4. The molecular weight excluding hydrogens is 400 g/mol. The van der Waals surface area contributed by atoms with Crippen molar-refractivity contribution in [1.29, 1.82) is 0 Å². The van der Waals surface area contributed by atoms with Gasteiger partial charge in [-0.2, -0.15) is 0 Å². The second kappa shape index (κ2) is 9.31. The van der Waals surface area contributed by atoms with Crippen molar-refractivity contribution in [3.05, 3.63) is 59.4 Å². The van der Waals surface area contributed by atoms with E-state index >= 15 is 0 Å². The summed E-state index contributed by atoms with van der Waals surface area (Å²) >= 11 is 0. The topological polar surface area (TPSA) is 65.5 Å². The zero-order valence-corrected chi connectivity index (χ0v) is 19.4. The van der Waals surface area contributed by atoms with E-state index in [0.29, 0.717) is 12.1 Å². The smallest absolute Gasteiger partial charge is 0.254 e. The molecule has 1 aromatic heterocycles. The lowest BCUT2D eigenvalue weighted by molar-refractivity contribution is -0.138. The number of aryl methyl sites for hydroxylation is 1. The molecule has 1 N–H and O–H groups in total. The Morgan fingerprint density at radius 1 is 1.16 bits per heavy atom. The number of pyridine rings is 1. The Labute approximate surface area is 191 Å². The number of fused-ring (bicyclic) bond motifs is 1. The summed E-state index contributed by atoms with van der Waals surface area (Å²) < 4.78 is 0. The van der Waals surface area contributed by atoms with Crippen molar-refractivity contribution in [3.8, 4) is 0 Å². The van der Waals surface area contributed by atoms with Gasteiger partial charge in [-0.05, 0) is 75.8 Å². The third-order valence-electron chi connectivity index (χ3n) is 7.21. The molecule has 3 heterocycles. The maximum atomic E-state index is 13.7. The average Bonchev–Trinajstić information content (AvgIpc) is 2.97. The van der Waals surface area contributed by atoms with Gasteiger partial charge < -0.3 is 15.1 Å². The number of benzene rings is 1. The van der Waals surface area contributed by atoms with Crippen LogP contribution in [0.25, 0.3) is 0 Å². The van der Waals surface area contributed by atoms with Gasteiger partial charge in [-0.3, -0.25) is 14.6 Å². The number of piperidine rings is 1. The van der Waals surface area contributed by atoms with Crippen molar-refractivity contribution >= 4 is 17.5 Å². The maximum absolute atomic E-state index is 13.7. The number of carbonyl (C=O) groups excluding carboxylic acids is 2. The molecule has 6 nitrogen and oxygen atoms in total. The first-order valence-corrected chi connectivity index (χ1v) is 11.7. The first-order chi connectivity index (χ1) is 15.4. The number of likely N-dealkylation sites (tertiary alicyclic amines) is 2. The molecule has 0 radical (unpaired) electrons. The summed E-state index contributed by atoms with van der Waals surface area (Å²) in [6.07, 6.45) is 6.64. The van der Waals surface area contributed by atoms with Crippen LogP contribution in [0.4, 0.5) is 5.69 Å². The van der Waals surface area contributed by atoms with Crippen LogP contribution in [0.5, 0.6) is 0 Å². The van der Waals surface area contributed by atoms with Crippen LogP contribution in [0, 0.1) is 6.92 Å². The van der Waals surface area contributed by atoms with E-state index in [4.69, 9.17) is 0 Å². The summed E-state index contributed by atoms with van der Waals surface area (Å²) in [7, 11) is 0. The Bertz CT molecular complexity index is 977. The molecular formula is C26H34N4O2. The fourth-order valence-corrected chi connectivity index (χ4v) is 5.47. The van der Waals surface area contributed by atoms with Crippen molar-refractivity contribution in [1.82, 2.24) is 14.8 Å². The Morgan fingerprint density at radius 2 is 2.00 bits per heavy atom. The highest BCUT2D eigenvalue weighted by Crippen LogP contribution is 2.39. The largest absolute Gasteiger partial charge is 0.379 e. The second-order valence-corrected chi connectivity index (χ2v) is 9.35. The number of rotatable bonds is 4. The molecule has 0 unspecified atom stereocenters. The molecule has 2 saturated heterocycles. The summed E-state index contributed by atoms with van der Waals surface area (Å²) in [5, 5.41) is 3.44. The molecule has 1 aromatic carbocycles. The third kappa shape index (κ3) is 4.36. The quantitative estimate of drug-likeness (QED) is 0.775. The average molecular weight is 435 g/mol. The molecule has 2 aliphatic rings. The van der Waals surface area contributed by atoms with Crippen LogP contribution < -0.4 is 5.32 Å². The van der Waals surface area contributed by atoms with Gasteiger partial charge in [-0.1, -0.05) is 12.1 Å². The highest BCUT2D eigenvalue weighted by molar-refractivity contribution is 5.96. The van der Waals surface area contributed by atoms with Gasteiger partial charge in [0.1, 0.15) is 0 Å². The first kappa shape index (κ1) is 22.3. The van der Waals surface area contributed by atoms with Crippen molar-refractivity contribution in [3.63, 3.8) is 0 Å². The van der Waals surface area contributed by atoms with E-state index in [1.165, 1.54) is 0 Å². The molecule has 170 valence electrons. The molecule has 2 aromatic rings. The van der Waals surface area contributed by atoms with Gasteiger partial charge in [0.2, 0.25) is 5.91 Å². The van der Waals surface area contributed by atoms with Crippen molar-refractivity contribution in [2.45, 2.75) is 71.0 Å². The summed E-state index contributed by atoms with van der Waals surface area (Å²) in [6.45, 7) is 8.03. The second-order valence-electron chi connectivity index (χ2n) is 9.35. The Morgan fingerprint density at radius 3 is 2.75 bits per heavy atom. The van der Waals surface area contributed by atoms with Gasteiger partial charge in [0, 0.05) is 37.5 Å². The summed E-state index contributed by atoms with van der Waals surface area (Å²) in [6, 6.07) is 11.8. The number of hydrogen-bond donors (Lipinski definition) is 1. The van der Waals surface area contributed by atoms with E-state index in [0.717, 1.165) is 62.1 Å². The van der Waals surface area contributed by atoms with Gasteiger partial charge in [-0.15, -0.1) is 0 Å². The molecule has 0 aliphatic carbocycles. The van der Waals surface area contributed by atoms with E-state index in [9.17, 15) is 9.59 Å². The van der Waals surface area contributed by atoms with Crippen LogP contribution in [0.15, 0.2) is 42.6 Å². The predicted molar refractivity (Wildman–Crippen MR) is 126 cm³/mol. The fourth-order valence-electron chi connectivity index (χ4n) is 5.47. The lowest BCUT2D eigenvalue weighted by Gasteiger charge is -2.52. The Balaban J connectivity index is 1.57. The number of nitrogens with zero attached hydrogens (tertiary/aromatic N) is 3. The van der Waals surface area contributed by atoms with Crippen molar-refractivity contribution in [2.75, 3.05) is 18.4 Å². The lowest BCUT2D eigenvalue weighted by atomic mass is 9.79. The minimum atomic E-state index is -0.291. The number of nitrogens with one attached hydrogen (secondary N) is 1. The van der Waals surface area contributed by atoms with E-state index in [-0.39, 0.29) is 23.4 Å². The monoisotopic (exact) mass is 434 g/mol. The van der Waals surface area contributed by atoms with Gasteiger partial charge >= 0.3 is 0 Å². The SMILES string of the molecule is CC(=O)N1CCCC[C@@H]2N(C(=O)c3ccc(C)c(NCc4ccccn4)c3)CCC[C@@]21C. The van der Waals surface area contributed by atoms with Gasteiger partial charge in [0.25, 0.3) is 5.91 Å². The van der Waals surface area contributed by atoms with E-state index in [1.807, 2.05) is 53.1 Å². The molecule has 0 bridgehead atoms. The molecule has 2 atom stereocenters. The standard InChI is InChI=1S/C26H34N4O2/c1-19-11-12-21(17-23(19)28-18-22-9-4-6-14-27-22)25(32)29-15-8-13-26(3)24(29)10-5-7-16-30(26)20(2)31/h4,6,9,11-12,14,17,24,28H,5,7-8,10,13,15-16,18H2,1-3H3/t24-,26-/m0/s1. The van der Waals surface area contributed by atoms with Crippen LogP contribution >= 0.6 is 0 Å². The van der Waals surface area contributed by atoms with Crippen LogP contribution in [-0.2, 0) is 11.3 Å². The van der Waals surface area contributed by atoms with Crippen LogP contribution in [-0.4, -0.2) is 51.3 Å². The fraction of sp³-hybridized carbons (Fsp3) is 0.500. The molecule has 4 rings (SSSR count). The molecule has 0 spiro atoms. The zero-order chi connectivity index (χ0) is 22.7. The number of hydrogen-bond acceptors (Lipinski definition) is 4. The minimum absolute atomic E-state index is 0.0568. The summed E-state index contributed by atoms with van der Waals surface area (Å²) in [5.74, 6) is 0.178. The summed E-state index contributed by atoms with van der Waals surface area (Å²) in [4.78, 5) is 34.6. The molecule has 0 saturated carbocycles. The number of amides is 2. The molecule has 32 heavy (non-hydrogen) atoms. The molecule has 2 amide bonds. The number of aromatic nitrogens is 1. The highest BCUT2D eigenvalue weighted by atomic mass is 16.2. The minimum Gasteiger partial charge on any atom is -0.379 e. The number of carbonyl (C=O) groups is 2. The van der Waals surface area contributed by atoms with Gasteiger partial charge in [0.05, 0.1) is 23.8 Å². The Kier molecular flexibility index (Phi) is 6.49.